The number of hydrogen-bond acceptors (Lipinski definition) is 1. The quantitative estimate of drug-likeness (QED) is 0.668. The van der Waals surface area contributed by atoms with Gasteiger partial charge in [-0.25, -0.2) is 0 Å². The second kappa shape index (κ2) is 6.55. The van der Waals surface area contributed by atoms with E-state index in [9.17, 15) is 0 Å². The van der Waals surface area contributed by atoms with Crippen molar-refractivity contribution < 1.29 is 0 Å². The minimum Gasteiger partial charge on any atom is -0.254 e. The summed E-state index contributed by atoms with van der Waals surface area (Å²) in [6, 6.07) is 2.12. The van der Waals surface area contributed by atoms with Gasteiger partial charge in [-0.1, -0.05) is 35.4 Å². The van der Waals surface area contributed by atoms with Crippen molar-refractivity contribution in [1.82, 2.24) is 4.98 Å². The van der Waals surface area contributed by atoms with Crippen molar-refractivity contribution in [3.05, 3.63) is 52.9 Å². The van der Waals surface area contributed by atoms with Crippen LogP contribution in [0.4, 0.5) is 0 Å². The standard InChI is InChI=1S/C16H20ClN/c1-6-15(17)16-13(5)9-14(10-18-16)12(4)8-7-11(2)3/h6-10H,1-5H3/b12-8+,15-6+. The molecule has 0 saturated carbocycles. The lowest BCUT2D eigenvalue weighted by Gasteiger charge is -2.07. The SMILES string of the molecule is C/C=C(/Cl)c1ncc(/C(C)=C/C=C(C)C)cc1C. The maximum atomic E-state index is 6.11. The van der Waals surface area contributed by atoms with Gasteiger partial charge in [-0.3, -0.25) is 4.98 Å². The Hall–Kier alpha value is -1.34. The molecule has 0 spiro atoms. The summed E-state index contributed by atoms with van der Waals surface area (Å²) in [6.07, 6.45) is 7.96. The molecule has 0 atom stereocenters. The molecule has 2 heteroatoms. The fourth-order valence-corrected chi connectivity index (χ4v) is 1.76. The van der Waals surface area contributed by atoms with Gasteiger partial charge in [0.05, 0.1) is 10.7 Å². The Morgan fingerprint density at radius 2 is 1.89 bits per heavy atom. The Bertz CT molecular complexity index is 518. The summed E-state index contributed by atoms with van der Waals surface area (Å²) < 4.78 is 0. The van der Waals surface area contributed by atoms with Crippen LogP contribution in [-0.4, -0.2) is 4.98 Å². The predicted molar refractivity (Wildman–Crippen MR) is 81.6 cm³/mol. The summed E-state index contributed by atoms with van der Waals surface area (Å²) in [5.74, 6) is 0. The van der Waals surface area contributed by atoms with E-state index >= 15 is 0 Å². The molecule has 1 aromatic rings. The van der Waals surface area contributed by atoms with Gasteiger partial charge in [0.25, 0.3) is 0 Å². The molecule has 0 aliphatic rings. The van der Waals surface area contributed by atoms with E-state index in [-0.39, 0.29) is 0 Å². The van der Waals surface area contributed by atoms with Crippen molar-refractivity contribution >= 4 is 22.2 Å². The van der Waals surface area contributed by atoms with Crippen LogP contribution in [-0.2, 0) is 0 Å². The molecule has 0 bridgehead atoms. The van der Waals surface area contributed by atoms with E-state index in [1.54, 1.807) is 0 Å². The third-order valence-electron chi connectivity index (χ3n) is 2.68. The highest BCUT2D eigenvalue weighted by Gasteiger charge is 2.05. The second-order valence-corrected chi connectivity index (χ2v) is 5.03. The van der Waals surface area contributed by atoms with Crippen LogP contribution in [0.15, 0.2) is 36.1 Å². The van der Waals surface area contributed by atoms with E-state index in [0.29, 0.717) is 5.03 Å². The zero-order valence-electron chi connectivity index (χ0n) is 11.7. The van der Waals surface area contributed by atoms with E-state index in [0.717, 1.165) is 16.8 Å². The number of aromatic nitrogens is 1. The molecule has 0 aromatic carbocycles. The average Bonchev–Trinajstić information content (AvgIpc) is 2.34. The number of rotatable bonds is 3. The van der Waals surface area contributed by atoms with Crippen LogP contribution in [0.2, 0.25) is 0 Å². The maximum absolute atomic E-state index is 6.11. The lowest BCUT2D eigenvalue weighted by Crippen LogP contribution is -1.92. The minimum atomic E-state index is 0.699. The summed E-state index contributed by atoms with van der Waals surface area (Å²) in [7, 11) is 0. The number of nitrogens with zero attached hydrogens (tertiary/aromatic N) is 1. The normalized spacial score (nSPS) is 12.6. The highest BCUT2D eigenvalue weighted by molar-refractivity contribution is 6.48. The molecule has 0 radical (unpaired) electrons. The van der Waals surface area contributed by atoms with E-state index in [1.807, 2.05) is 26.1 Å². The summed E-state index contributed by atoms with van der Waals surface area (Å²) in [4.78, 5) is 4.44. The highest BCUT2D eigenvalue weighted by Crippen LogP contribution is 2.23. The summed E-state index contributed by atoms with van der Waals surface area (Å²) >= 11 is 6.11. The number of allylic oxidation sites excluding steroid dienone is 5. The molecular weight excluding hydrogens is 242 g/mol. The first-order valence-corrected chi connectivity index (χ1v) is 6.44. The minimum absolute atomic E-state index is 0.699. The van der Waals surface area contributed by atoms with Gasteiger partial charge in [-0.2, -0.15) is 0 Å². The molecule has 1 aromatic heterocycles. The molecule has 0 saturated heterocycles. The molecule has 0 aliphatic carbocycles. The van der Waals surface area contributed by atoms with Crippen LogP contribution in [0.1, 0.15) is 44.5 Å². The lowest BCUT2D eigenvalue weighted by molar-refractivity contribution is 1.21. The van der Waals surface area contributed by atoms with Gasteiger partial charge in [0.15, 0.2) is 0 Å². The van der Waals surface area contributed by atoms with Crippen molar-refractivity contribution in [2.45, 2.75) is 34.6 Å². The highest BCUT2D eigenvalue weighted by atomic mass is 35.5. The van der Waals surface area contributed by atoms with Crippen LogP contribution < -0.4 is 0 Å². The first-order valence-electron chi connectivity index (χ1n) is 6.06. The summed E-state index contributed by atoms with van der Waals surface area (Å²) in [5, 5.41) is 0.699. The molecule has 0 amide bonds. The van der Waals surface area contributed by atoms with Gasteiger partial charge in [-0.05, 0) is 57.4 Å². The first kappa shape index (κ1) is 14.7. The van der Waals surface area contributed by atoms with Crippen LogP contribution in [0.25, 0.3) is 10.6 Å². The Labute approximate surface area is 115 Å². The van der Waals surface area contributed by atoms with Gasteiger partial charge in [-0.15, -0.1) is 0 Å². The fourth-order valence-electron chi connectivity index (χ4n) is 1.57. The number of hydrogen-bond donors (Lipinski definition) is 0. The first-order chi connectivity index (χ1) is 8.45. The largest absolute Gasteiger partial charge is 0.254 e. The Balaban J connectivity index is 3.12. The van der Waals surface area contributed by atoms with Gasteiger partial charge >= 0.3 is 0 Å². The van der Waals surface area contributed by atoms with E-state index in [4.69, 9.17) is 11.6 Å². The molecule has 0 fully saturated rings. The summed E-state index contributed by atoms with van der Waals surface area (Å²) in [6.45, 7) is 10.2. The van der Waals surface area contributed by atoms with Crippen LogP contribution in [0.3, 0.4) is 0 Å². The molecule has 18 heavy (non-hydrogen) atoms. The molecule has 0 unspecified atom stereocenters. The summed E-state index contributed by atoms with van der Waals surface area (Å²) in [5.41, 5.74) is 5.58. The van der Waals surface area contributed by atoms with Crippen LogP contribution >= 0.6 is 11.6 Å². The van der Waals surface area contributed by atoms with Gasteiger partial charge in [0, 0.05) is 6.20 Å². The van der Waals surface area contributed by atoms with Crippen molar-refractivity contribution in [2.24, 2.45) is 0 Å². The lowest BCUT2D eigenvalue weighted by atomic mass is 10.1. The van der Waals surface area contributed by atoms with Crippen molar-refractivity contribution in [3.8, 4) is 0 Å². The van der Waals surface area contributed by atoms with E-state index in [2.05, 4.69) is 44.0 Å². The number of halogens is 1. The Morgan fingerprint density at radius 3 is 2.39 bits per heavy atom. The molecule has 1 nitrogen and oxygen atoms in total. The van der Waals surface area contributed by atoms with Crippen molar-refractivity contribution in [1.29, 1.82) is 0 Å². The Morgan fingerprint density at radius 1 is 1.22 bits per heavy atom. The molecular formula is C16H20ClN. The monoisotopic (exact) mass is 261 g/mol. The molecule has 0 aliphatic heterocycles. The molecule has 96 valence electrons. The van der Waals surface area contributed by atoms with Crippen LogP contribution in [0, 0.1) is 6.92 Å². The van der Waals surface area contributed by atoms with Gasteiger partial charge in [0.2, 0.25) is 0 Å². The fraction of sp³-hybridized carbons (Fsp3) is 0.312. The zero-order valence-corrected chi connectivity index (χ0v) is 12.5. The smallest absolute Gasteiger partial charge is 0.0842 e. The van der Waals surface area contributed by atoms with E-state index < -0.39 is 0 Å². The predicted octanol–water partition coefficient (Wildman–Crippen LogP) is 5.36. The number of aryl methyl sites for hydroxylation is 1. The van der Waals surface area contributed by atoms with Gasteiger partial charge in [0.1, 0.15) is 0 Å². The van der Waals surface area contributed by atoms with E-state index in [1.165, 1.54) is 11.1 Å². The van der Waals surface area contributed by atoms with Crippen molar-refractivity contribution in [2.75, 3.05) is 0 Å². The van der Waals surface area contributed by atoms with Gasteiger partial charge < -0.3 is 0 Å². The number of pyridine rings is 1. The Kier molecular flexibility index (Phi) is 5.36. The van der Waals surface area contributed by atoms with Crippen molar-refractivity contribution in [3.63, 3.8) is 0 Å². The second-order valence-electron chi connectivity index (χ2n) is 4.62. The average molecular weight is 262 g/mol. The molecule has 1 heterocycles. The topological polar surface area (TPSA) is 12.9 Å². The third kappa shape index (κ3) is 3.85. The van der Waals surface area contributed by atoms with Crippen LogP contribution in [0.5, 0.6) is 0 Å². The maximum Gasteiger partial charge on any atom is 0.0842 e. The molecule has 0 N–H and O–H groups in total. The zero-order chi connectivity index (χ0) is 13.7. The molecule has 1 rings (SSSR count). The third-order valence-corrected chi connectivity index (χ3v) is 3.08.